The van der Waals surface area contributed by atoms with E-state index in [1.807, 2.05) is 11.4 Å². The van der Waals surface area contributed by atoms with E-state index in [0.717, 1.165) is 4.88 Å². The molecule has 0 N–H and O–H groups in total. The number of hydrogen-bond acceptors (Lipinski definition) is 4. The Morgan fingerprint density at radius 2 is 2.11 bits per heavy atom. The van der Waals surface area contributed by atoms with Crippen molar-refractivity contribution in [3.63, 3.8) is 0 Å². The van der Waals surface area contributed by atoms with Gasteiger partial charge in [-0.25, -0.2) is 0 Å². The third kappa shape index (κ3) is 3.20. The van der Waals surface area contributed by atoms with Gasteiger partial charge in [0.2, 0.25) is 0 Å². The molecule has 19 heavy (non-hydrogen) atoms. The highest BCUT2D eigenvalue weighted by Gasteiger charge is 2.29. The van der Waals surface area contributed by atoms with E-state index in [0.29, 0.717) is 32.5 Å². The van der Waals surface area contributed by atoms with Crippen molar-refractivity contribution in [3.8, 4) is 0 Å². The molecule has 1 aliphatic heterocycles. The van der Waals surface area contributed by atoms with Crippen LogP contribution in [-0.4, -0.2) is 54.1 Å². The monoisotopic (exact) mass is 280 g/mol. The topological polar surface area (TPSA) is 57.7 Å². The quantitative estimate of drug-likeness (QED) is 0.597. The second-order valence-corrected chi connectivity index (χ2v) is 5.47. The van der Waals surface area contributed by atoms with E-state index >= 15 is 0 Å². The predicted octanol–water partition coefficient (Wildman–Crippen LogP) is 1.01. The maximum Gasteiger partial charge on any atom is 0.312 e. The van der Waals surface area contributed by atoms with Gasteiger partial charge in [0.1, 0.15) is 0 Å². The largest absolute Gasteiger partial charge is 0.336 e. The van der Waals surface area contributed by atoms with Crippen LogP contribution in [0, 0.1) is 0 Å². The van der Waals surface area contributed by atoms with Crippen molar-refractivity contribution in [1.29, 1.82) is 0 Å². The first kappa shape index (κ1) is 13.7. The summed E-state index contributed by atoms with van der Waals surface area (Å²) < 4.78 is 0. The number of thiophene rings is 1. The predicted molar refractivity (Wildman–Crippen MR) is 72.1 cm³/mol. The Balaban J connectivity index is 1.78. The summed E-state index contributed by atoms with van der Waals surface area (Å²) in [7, 11) is 1.62. The molecule has 0 bridgehead atoms. The normalized spacial score (nSPS) is 16.1. The van der Waals surface area contributed by atoms with Crippen molar-refractivity contribution in [1.82, 2.24) is 9.80 Å². The fourth-order valence-corrected chi connectivity index (χ4v) is 2.67. The van der Waals surface area contributed by atoms with Gasteiger partial charge in [-0.3, -0.25) is 14.4 Å². The number of ketones is 1. The van der Waals surface area contributed by atoms with Crippen molar-refractivity contribution in [2.24, 2.45) is 0 Å². The van der Waals surface area contributed by atoms with Crippen LogP contribution in [0.25, 0.3) is 0 Å². The standard InChI is InChI=1S/C13H16N2O3S/c1-14-7-8-15(13(18)12(14)17)6-2-4-10(16)11-5-3-9-19-11/h3,5,9H,2,4,6-8H2,1H3. The third-order valence-corrected chi connectivity index (χ3v) is 4.06. The zero-order chi connectivity index (χ0) is 13.8. The number of hydrogen-bond donors (Lipinski definition) is 0. The van der Waals surface area contributed by atoms with Gasteiger partial charge in [-0.15, -0.1) is 11.3 Å². The lowest BCUT2D eigenvalue weighted by Gasteiger charge is -2.31. The molecule has 0 aromatic carbocycles. The summed E-state index contributed by atoms with van der Waals surface area (Å²) in [5.41, 5.74) is 0. The van der Waals surface area contributed by atoms with Crippen molar-refractivity contribution in [2.75, 3.05) is 26.7 Å². The van der Waals surface area contributed by atoms with Gasteiger partial charge in [0.15, 0.2) is 5.78 Å². The summed E-state index contributed by atoms with van der Waals surface area (Å²) in [5, 5.41) is 1.87. The zero-order valence-electron chi connectivity index (χ0n) is 10.8. The first-order valence-corrected chi connectivity index (χ1v) is 7.08. The van der Waals surface area contributed by atoms with E-state index in [9.17, 15) is 14.4 Å². The maximum atomic E-state index is 11.8. The molecule has 0 saturated carbocycles. The van der Waals surface area contributed by atoms with E-state index < -0.39 is 11.8 Å². The van der Waals surface area contributed by atoms with Crippen LogP contribution in [-0.2, 0) is 9.59 Å². The van der Waals surface area contributed by atoms with Crippen molar-refractivity contribution in [3.05, 3.63) is 22.4 Å². The van der Waals surface area contributed by atoms with Gasteiger partial charge in [0, 0.05) is 33.1 Å². The summed E-state index contributed by atoms with van der Waals surface area (Å²) in [6.07, 6.45) is 1.01. The highest BCUT2D eigenvalue weighted by molar-refractivity contribution is 7.12. The van der Waals surface area contributed by atoms with Crippen LogP contribution < -0.4 is 0 Å². The molecule has 0 radical (unpaired) electrons. The van der Waals surface area contributed by atoms with Crippen LogP contribution in [0.3, 0.4) is 0 Å². The van der Waals surface area contributed by atoms with E-state index in [1.54, 1.807) is 13.1 Å². The third-order valence-electron chi connectivity index (χ3n) is 3.15. The number of amides is 2. The number of carbonyl (C=O) groups excluding carboxylic acids is 3. The smallest absolute Gasteiger partial charge is 0.312 e. The van der Waals surface area contributed by atoms with Gasteiger partial charge in [-0.05, 0) is 17.9 Å². The van der Waals surface area contributed by atoms with Crippen LogP contribution in [0.4, 0.5) is 0 Å². The highest BCUT2D eigenvalue weighted by atomic mass is 32.1. The van der Waals surface area contributed by atoms with Gasteiger partial charge < -0.3 is 9.80 Å². The average Bonchev–Trinajstić information content (AvgIpc) is 2.92. The molecule has 2 heterocycles. The minimum atomic E-state index is -0.462. The molecule has 6 heteroatoms. The molecular weight excluding hydrogens is 264 g/mol. The summed E-state index contributed by atoms with van der Waals surface area (Å²) >= 11 is 1.43. The number of carbonyl (C=O) groups is 3. The molecule has 1 saturated heterocycles. The van der Waals surface area contributed by atoms with E-state index in [2.05, 4.69) is 0 Å². The Labute approximate surface area is 115 Å². The van der Waals surface area contributed by atoms with Crippen LogP contribution in [0.2, 0.25) is 0 Å². The summed E-state index contributed by atoms with van der Waals surface area (Å²) in [6.45, 7) is 1.58. The molecular formula is C13H16N2O3S. The average molecular weight is 280 g/mol. The molecule has 1 fully saturated rings. The molecule has 102 valence electrons. The molecule has 0 aliphatic carbocycles. The van der Waals surface area contributed by atoms with Gasteiger partial charge in [0.05, 0.1) is 4.88 Å². The number of Topliss-reactive ketones (excluding diaryl/α,β-unsaturated/α-hetero) is 1. The molecule has 0 spiro atoms. The molecule has 1 aromatic rings. The summed E-state index contributed by atoms with van der Waals surface area (Å²) in [5.74, 6) is -0.823. The van der Waals surface area contributed by atoms with Crippen LogP contribution in [0.15, 0.2) is 17.5 Å². The SMILES string of the molecule is CN1CCN(CCCC(=O)c2cccs2)C(=O)C1=O. The Morgan fingerprint density at radius 3 is 2.79 bits per heavy atom. The van der Waals surface area contributed by atoms with Crippen LogP contribution >= 0.6 is 11.3 Å². The van der Waals surface area contributed by atoms with Gasteiger partial charge >= 0.3 is 11.8 Å². The Hall–Kier alpha value is -1.69. The van der Waals surface area contributed by atoms with Gasteiger partial charge in [-0.2, -0.15) is 0 Å². The Kier molecular flexibility index (Phi) is 4.31. The first-order chi connectivity index (χ1) is 9.09. The Morgan fingerprint density at radius 1 is 1.32 bits per heavy atom. The lowest BCUT2D eigenvalue weighted by Crippen LogP contribution is -2.52. The lowest BCUT2D eigenvalue weighted by atomic mass is 10.2. The highest BCUT2D eigenvalue weighted by Crippen LogP contribution is 2.13. The van der Waals surface area contributed by atoms with E-state index in [4.69, 9.17) is 0 Å². The Bertz CT molecular complexity index is 484. The second kappa shape index (κ2) is 5.97. The number of piperazine rings is 1. The molecule has 1 aromatic heterocycles. The molecule has 0 atom stereocenters. The maximum absolute atomic E-state index is 11.8. The molecule has 0 unspecified atom stereocenters. The molecule has 5 nitrogen and oxygen atoms in total. The number of rotatable bonds is 5. The van der Waals surface area contributed by atoms with Crippen LogP contribution in [0.5, 0.6) is 0 Å². The van der Waals surface area contributed by atoms with E-state index in [1.165, 1.54) is 21.1 Å². The fourth-order valence-electron chi connectivity index (χ4n) is 1.98. The second-order valence-electron chi connectivity index (χ2n) is 4.52. The van der Waals surface area contributed by atoms with Crippen LogP contribution in [0.1, 0.15) is 22.5 Å². The number of nitrogens with zero attached hydrogens (tertiary/aromatic N) is 2. The van der Waals surface area contributed by atoms with Gasteiger partial charge in [0.25, 0.3) is 0 Å². The minimum absolute atomic E-state index is 0.0999. The minimum Gasteiger partial charge on any atom is -0.336 e. The molecule has 1 aliphatic rings. The van der Waals surface area contributed by atoms with Crippen molar-refractivity contribution in [2.45, 2.75) is 12.8 Å². The van der Waals surface area contributed by atoms with Crippen molar-refractivity contribution >= 4 is 28.9 Å². The summed E-state index contributed by atoms with van der Waals surface area (Å²) in [4.78, 5) is 38.7. The van der Waals surface area contributed by atoms with Gasteiger partial charge in [-0.1, -0.05) is 6.07 Å². The fraction of sp³-hybridized carbons (Fsp3) is 0.462. The molecule has 2 amide bonds. The van der Waals surface area contributed by atoms with E-state index in [-0.39, 0.29) is 5.78 Å². The number of likely N-dealkylation sites (N-methyl/N-ethyl adjacent to an activating group) is 1. The summed E-state index contributed by atoms with van der Waals surface area (Å²) in [6, 6.07) is 3.65. The first-order valence-electron chi connectivity index (χ1n) is 6.20. The van der Waals surface area contributed by atoms with Crippen molar-refractivity contribution < 1.29 is 14.4 Å². The zero-order valence-corrected chi connectivity index (χ0v) is 11.6. The lowest BCUT2D eigenvalue weighted by molar-refractivity contribution is -0.154. The molecule has 2 rings (SSSR count).